The summed E-state index contributed by atoms with van der Waals surface area (Å²) in [4.78, 5) is 26.2. The number of nitrogens with zero attached hydrogens (tertiary/aromatic N) is 1. The van der Waals surface area contributed by atoms with Gasteiger partial charge in [-0.2, -0.15) is 0 Å². The second-order valence-electron chi connectivity index (χ2n) is 6.30. The molecule has 0 radical (unpaired) electrons. The van der Waals surface area contributed by atoms with Gasteiger partial charge in [-0.3, -0.25) is 9.59 Å². The standard InChI is InChI=1S/C20H21FN2O4/c1-14-12-23(9-10-26-14)20(25)15-5-7-17(8-6-15)22-19(24)13-27-18-4-2-3-16(21)11-18/h2-8,11,14H,9-10,12-13H2,1H3,(H,22,24). The van der Waals surface area contributed by atoms with E-state index in [4.69, 9.17) is 9.47 Å². The van der Waals surface area contributed by atoms with Crippen molar-refractivity contribution in [1.29, 1.82) is 0 Å². The summed E-state index contributed by atoms with van der Waals surface area (Å²) in [5, 5.41) is 2.68. The molecule has 1 aliphatic heterocycles. The van der Waals surface area contributed by atoms with E-state index in [2.05, 4.69) is 5.32 Å². The van der Waals surface area contributed by atoms with Gasteiger partial charge in [-0.1, -0.05) is 6.07 Å². The van der Waals surface area contributed by atoms with Crippen molar-refractivity contribution < 1.29 is 23.5 Å². The van der Waals surface area contributed by atoms with Crippen LogP contribution in [0.3, 0.4) is 0 Å². The first-order chi connectivity index (χ1) is 13.0. The minimum Gasteiger partial charge on any atom is -0.484 e. The molecule has 1 atom stereocenters. The van der Waals surface area contributed by atoms with Crippen molar-refractivity contribution in [2.24, 2.45) is 0 Å². The molecule has 1 fully saturated rings. The molecule has 2 aromatic carbocycles. The number of benzene rings is 2. The number of halogens is 1. The molecule has 2 amide bonds. The number of hydrogen-bond acceptors (Lipinski definition) is 4. The molecule has 3 rings (SSSR count). The minimum absolute atomic E-state index is 0.0272. The van der Waals surface area contributed by atoms with Crippen molar-refractivity contribution in [1.82, 2.24) is 4.90 Å². The van der Waals surface area contributed by atoms with Crippen molar-refractivity contribution in [3.8, 4) is 5.75 Å². The van der Waals surface area contributed by atoms with Crippen molar-refractivity contribution in [3.05, 3.63) is 59.9 Å². The van der Waals surface area contributed by atoms with Crippen molar-refractivity contribution in [2.75, 3.05) is 31.6 Å². The van der Waals surface area contributed by atoms with Crippen LogP contribution in [0.5, 0.6) is 5.75 Å². The van der Waals surface area contributed by atoms with Crippen LogP contribution in [-0.2, 0) is 9.53 Å². The highest BCUT2D eigenvalue weighted by Gasteiger charge is 2.22. The molecule has 6 nitrogen and oxygen atoms in total. The third-order valence-electron chi connectivity index (χ3n) is 4.11. The maximum absolute atomic E-state index is 13.1. The van der Waals surface area contributed by atoms with Crippen LogP contribution in [-0.4, -0.2) is 49.1 Å². The van der Waals surface area contributed by atoms with Crippen LogP contribution in [0.25, 0.3) is 0 Å². The van der Waals surface area contributed by atoms with Crippen molar-refractivity contribution in [3.63, 3.8) is 0 Å². The molecule has 1 N–H and O–H groups in total. The van der Waals surface area contributed by atoms with Gasteiger partial charge in [0.05, 0.1) is 12.7 Å². The SMILES string of the molecule is CC1CN(C(=O)c2ccc(NC(=O)COc3cccc(F)c3)cc2)CCO1. The summed E-state index contributed by atoms with van der Waals surface area (Å²) in [5.41, 5.74) is 1.10. The van der Waals surface area contributed by atoms with Crippen LogP contribution in [0.15, 0.2) is 48.5 Å². The lowest BCUT2D eigenvalue weighted by Gasteiger charge is -2.31. The summed E-state index contributed by atoms with van der Waals surface area (Å²) >= 11 is 0. The fourth-order valence-corrected chi connectivity index (χ4v) is 2.78. The van der Waals surface area contributed by atoms with Crippen LogP contribution in [0.4, 0.5) is 10.1 Å². The van der Waals surface area contributed by atoms with E-state index in [1.807, 2.05) is 6.92 Å². The number of morpholine rings is 1. The predicted octanol–water partition coefficient (Wildman–Crippen LogP) is 2.70. The zero-order chi connectivity index (χ0) is 19.2. The first-order valence-electron chi connectivity index (χ1n) is 8.70. The van der Waals surface area contributed by atoms with Gasteiger partial charge in [-0.25, -0.2) is 4.39 Å². The van der Waals surface area contributed by atoms with E-state index in [0.29, 0.717) is 30.9 Å². The summed E-state index contributed by atoms with van der Waals surface area (Å²) in [6.07, 6.45) is 0.0272. The van der Waals surface area contributed by atoms with Gasteiger partial charge in [-0.15, -0.1) is 0 Å². The number of anilines is 1. The Kier molecular flexibility index (Phi) is 6.03. The second kappa shape index (κ2) is 8.64. The number of ether oxygens (including phenoxy) is 2. The topological polar surface area (TPSA) is 67.9 Å². The molecule has 0 spiro atoms. The number of amides is 2. The Balaban J connectivity index is 1.52. The quantitative estimate of drug-likeness (QED) is 0.876. The molecule has 1 unspecified atom stereocenters. The third-order valence-corrected chi connectivity index (χ3v) is 4.11. The molecule has 0 saturated carbocycles. The highest BCUT2D eigenvalue weighted by Crippen LogP contribution is 2.15. The summed E-state index contributed by atoms with van der Waals surface area (Å²) < 4.78 is 23.8. The van der Waals surface area contributed by atoms with Crippen LogP contribution < -0.4 is 10.1 Å². The molecule has 1 saturated heterocycles. The molecule has 0 bridgehead atoms. The zero-order valence-corrected chi connectivity index (χ0v) is 15.0. The highest BCUT2D eigenvalue weighted by atomic mass is 19.1. The smallest absolute Gasteiger partial charge is 0.262 e. The van der Waals surface area contributed by atoms with Gasteiger partial charge in [0, 0.05) is 30.4 Å². The molecule has 1 heterocycles. The van der Waals surface area contributed by atoms with Gasteiger partial charge >= 0.3 is 0 Å². The average Bonchev–Trinajstić information content (AvgIpc) is 2.66. The summed E-state index contributed by atoms with van der Waals surface area (Å²) in [6, 6.07) is 12.3. The number of carbonyl (C=O) groups is 2. The fraction of sp³-hybridized carbons (Fsp3) is 0.300. The molecule has 27 heavy (non-hydrogen) atoms. The lowest BCUT2D eigenvalue weighted by Crippen LogP contribution is -2.44. The first-order valence-corrected chi connectivity index (χ1v) is 8.70. The lowest BCUT2D eigenvalue weighted by molar-refractivity contribution is -0.118. The minimum atomic E-state index is -0.428. The number of hydrogen-bond donors (Lipinski definition) is 1. The molecule has 1 aliphatic rings. The van der Waals surface area contributed by atoms with Gasteiger partial charge in [0.25, 0.3) is 11.8 Å². The maximum Gasteiger partial charge on any atom is 0.262 e. The van der Waals surface area contributed by atoms with E-state index >= 15 is 0 Å². The number of carbonyl (C=O) groups excluding carboxylic acids is 2. The summed E-state index contributed by atoms with van der Waals surface area (Å²) in [5.74, 6) is -0.577. The molecule has 2 aromatic rings. The van der Waals surface area contributed by atoms with Crippen LogP contribution >= 0.6 is 0 Å². The van der Waals surface area contributed by atoms with E-state index in [-0.39, 0.29) is 30.3 Å². The molecule has 0 aromatic heterocycles. The third kappa shape index (κ3) is 5.27. The number of rotatable bonds is 5. The van der Waals surface area contributed by atoms with E-state index < -0.39 is 5.82 Å². The zero-order valence-electron chi connectivity index (χ0n) is 15.0. The molecule has 142 valence electrons. The van der Waals surface area contributed by atoms with Crippen LogP contribution in [0.2, 0.25) is 0 Å². The molecular formula is C20H21FN2O4. The van der Waals surface area contributed by atoms with Gasteiger partial charge < -0.3 is 19.7 Å². The Hall–Kier alpha value is -2.93. The van der Waals surface area contributed by atoms with E-state index in [1.165, 1.54) is 18.2 Å². The van der Waals surface area contributed by atoms with E-state index in [1.54, 1.807) is 35.2 Å². The first kappa shape index (κ1) is 18.8. The second-order valence-corrected chi connectivity index (χ2v) is 6.30. The van der Waals surface area contributed by atoms with E-state index in [9.17, 15) is 14.0 Å². The average molecular weight is 372 g/mol. The van der Waals surface area contributed by atoms with Gasteiger partial charge in [0.1, 0.15) is 11.6 Å². The molecular weight excluding hydrogens is 351 g/mol. The Labute approximate surface area is 156 Å². The van der Waals surface area contributed by atoms with Gasteiger partial charge in [-0.05, 0) is 43.3 Å². The van der Waals surface area contributed by atoms with Gasteiger partial charge in [0.2, 0.25) is 0 Å². The molecule has 7 heteroatoms. The fourth-order valence-electron chi connectivity index (χ4n) is 2.78. The Morgan fingerprint density at radius 3 is 2.74 bits per heavy atom. The largest absolute Gasteiger partial charge is 0.484 e. The predicted molar refractivity (Wildman–Crippen MR) is 98.3 cm³/mol. The maximum atomic E-state index is 13.1. The Bertz CT molecular complexity index is 810. The van der Waals surface area contributed by atoms with Crippen molar-refractivity contribution in [2.45, 2.75) is 13.0 Å². The number of nitrogens with one attached hydrogen (secondary N) is 1. The van der Waals surface area contributed by atoms with Gasteiger partial charge in [0.15, 0.2) is 6.61 Å². The summed E-state index contributed by atoms with van der Waals surface area (Å²) in [7, 11) is 0. The Morgan fingerprint density at radius 2 is 2.04 bits per heavy atom. The monoisotopic (exact) mass is 372 g/mol. The lowest BCUT2D eigenvalue weighted by atomic mass is 10.1. The van der Waals surface area contributed by atoms with Crippen LogP contribution in [0, 0.1) is 5.82 Å². The van der Waals surface area contributed by atoms with Crippen molar-refractivity contribution >= 4 is 17.5 Å². The van der Waals surface area contributed by atoms with Crippen LogP contribution in [0.1, 0.15) is 17.3 Å². The highest BCUT2D eigenvalue weighted by molar-refractivity contribution is 5.96. The Morgan fingerprint density at radius 1 is 1.26 bits per heavy atom. The normalized spacial score (nSPS) is 16.7. The molecule has 0 aliphatic carbocycles. The van der Waals surface area contributed by atoms with E-state index in [0.717, 1.165) is 0 Å². The summed E-state index contributed by atoms with van der Waals surface area (Å²) in [6.45, 7) is 3.36.